The number of hydrogen-bond acceptors (Lipinski definition) is 2. The van der Waals surface area contributed by atoms with Crippen LogP contribution in [0.15, 0.2) is 84.4 Å². The van der Waals surface area contributed by atoms with Crippen LogP contribution in [0.4, 0.5) is 4.39 Å². The molecule has 0 aromatic heterocycles. The number of carbonyl (C=O) groups excluding carboxylic acids is 1. The number of rotatable bonds is 5. The van der Waals surface area contributed by atoms with Gasteiger partial charge in [0.25, 0.3) is 0 Å². The van der Waals surface area contributed by atoms with Gasteiger partial charge in [-0.15, -0.1) is 0 Å². The summed E-state index contributed by atoms with van der Waals surface area (Å²) in [7, 11) is 0. The third-order valence-corrected chi connectivity index (χ3v) is 5.26. The second-order valence-corrected chi connectivity index (χ2v) is 7.28. The van der Waals surface area contributed by atoms with Crippen molar-refractivity contribution in [1.82, 2.24) is 4.90 Å². The molecule has 0 spiro atoms. The van der Waals surface area contributed by atoms with Crippen LogP contribution < -0.4 is 0 Å². The van der Waals surface area contributed by atoms with Crippen molar-refractivity contribution < 1.29 is 9.18 Å². The Balaban J connectivity index is 2.11. The lowest BCUT2D eigenvalue weighted by atomic mass is 9.91. The highest BCUT2D eigenvalue weighted by molar-refractivity contribution is 5.97. The van der Waals surface area contributed by atoms with E-state index in [9.17, 15) is 9.18 Å². The number of carbonyl (C=O) groups is 1. The molecular weight excluding hydrogens is 361 g/mol. The topological polar surface area (TPSA) is 20.3 Å². The summed E-state index contributed by atoms with van der Waals surface area (Å²) >= 11 is 0. The molecule has 0 unspecified atom stereocenters. The maximum Gasteiger partial charge on any atom is 0.159 e. The van der Waals surface area contributed by atoms with Crippen LogP contribution in [-0.4, -0.2) is 10.7 Å². The molecule has 3 rings (SSSR count). The highest BCUT2D eigenvalue weighted by Crippen LogP contribution is 2.36. The summed E-state index contributed by atoms with van der Waals surface area (Å²) < 4.78 is 14.7. The lowest BCUT2D eigenvalue weighted by molar-refractivity contribution is -0.113. The molecule has 0 atom stereocenters. The molecule has 0 N–H and O–H groups in total. The molecule has 3 heteroatoms. The molecule has 29 heavy (non-hydrogen) atoms. The van der Waals surface area contributed by atoms with Gasteiger partial charge in [-0.1, -0.05) is 49.9 Å². The van der Waals surface area contributed by atoms with Gasteiger partial charge < -0.3 is 4.90 Å². The monoisotopic (exact) mass is 387 g/mol. The number of ketones is 1. The first-order valence-electron chi connectivity index (χ1n) is 9.78. The molecule has 148 valence electrons. The van der Waals surface area contributed by atoms with Crippen molar-refractivity contribution in [2.45, 2.75) is 34.1 Å². The fourth-order valence-corrected chi connectivity index (χ4v) is 3.70. The summed E-state index contributed by atoms with van der Waals surface area (Å²) in [5, 5.41) is 0. The lowest BCUT2D eigenvalue weighted by Gasteiger charge is -2.28. The van der Waals surface area contributed by atoms with Crippen LogP contribution in [0.25, 0.3) is 16.7 Å². The zero-order valence-electron chi connectivity index (χ0n) is 17.4. The molecule has 0 radical (unpaired) electrons. The van der Waals surface area contributed by atoms with E-state index in [4.69, 9.17) is 0 Å². The largest absolute Gasteiger partial charge is 0.321 e. The zero-order chi connectivity index (χ0) is 21.1. The van der Waals surface area contributed by atoms with Crippen LogP contribution in [0.1, 0.15) is 38.3 Å². The van der Waals surface area contributed by atoms with E-state index in [1.54, 1.807) is 25.1 Å². The van der Waals surface area contributed by atoms with Crippen molar-refractivity contribution in [3.8, 4) is 11.1 Å². The molecule has 1 aliphatic heterocycles. The fourth-order valence-electron chi connectivity index (χ4n) is 3.70. The maximum absolute atomic E-state index is 14.7. The van der Waals surface area contributed by atoms with Crippen molar-refractivity contribution in [2.75, 3.05) is 0 Å². The Morgan fingerprint density at radius 1 is 1.10 bits per heavy atom. The van der Waals surface area contributed by atoms with Crippen molar-refractivity contribution >= 4 is 11.4 Å². The van der Waals surface area contributed by atoms with Crippen LogP contribution in [0.5, 0.6) is 0 Å². The van der Waals surface area contributed by atoms with E-state index >= 15 is 0 Å². The predicted octanol–water partition coefficient (Wildman–Crippen LogP) is 6.80. The van der Waals surface area contributed by atoms with E-state index in [2.05, 4.69) is 13.5 Å². The molecule has 1 heterocycles. The van der Waals surface area contributed by atoms with Crippen molar-refractivity contribution in [3.63, 3.8) is 0 Å². The molecule has 2 aromatic rings. The van der Waals surface area contributed by atoms with Gasteiger partial charge in [0.1, 0.15) is 5.82 Å². The number of aryl methyl sites for hydroxylation is 1. The molecule has 0 aliphatic carbocycles. The fraction of sp³-hybridized carbons (Fsp3) is 0.192. The SMILES string of the molecule is C=C1C=C(C(C)=O)C=CN1/C(C)=C(\CC)c1ccccc1-c1ccc(C)cc1F. The van der Waals surface area contributed by atoms with E-state index in [0.717, 1.165) is 40.1 Å². The Morgan fingerprint density at radius 2 is 1.83 bits per heavy atom. The highest BCUT2D eigenvalue weighted by atomic mass is 19.1. The summed E-state index contributed by atoms with van der Waals surface area (Å²) in [6.45, 7) is 11.7. The molecule has 2 nitrogen and oxygen atoms in total. The van der Waals surface area contributed by atoms with E-state index in [-0.39, 0.29) is 11.6 Å². The summed E-state index contributed by atoms with van der Waals surface area (Å²) in [5.74, 6) is -0.207. The third-order valence-electron chi connectivity index (χ3n) is 5.26. The molecule has 1 aliphatic rings. The minimum absolute atomic E-state index is 0.0135. The number of halogens is 1. The van der Waals surface area contributed by atoms with Gasteiger partial charge in [-0.25, -0.2) is 4.39 Å². The molecule has 2 aromatic carbocycles. The van der Waals surface area contributed by atoms with E-state index in [1.807, 2.05) is 61.3 Å². The first kappa shape index (κ1) is 20.5. The Hall–Kier alpha value is -3.20. The number of Topliss-reactive ketones (excluding diaryl/α,β-unsaturated/α-hetero) is 1. The van der Waals surface area contributed by atoms with Crippen LogP contribution >= 0.6 is 0 Å². The molecule has 0 saturated carbocycles. The van der Waals surface area contributed by atoms with Gasteiger partial charge in [-0.3, -0.25) is 4.79 Å². The number of benzene rings is 2. The summed E-state index contributed by atoms with van der Waals surface area (Å²) in [4.78, 5) is 13.6. The first-order valence-corrected chi connectivity index (χ1v) is 9.78. The minimum atomic E-state index is -0.220. The lowest BCUT2D eigenvalue weighted by Crippen LogP contribution is -2.18. The summed E-state index contributed by atoms with van der Waals surface area (Å²) in [5.41, 5.74) is 6.84. The summed E-state index contributed by atoms with van der Waals surface area (Å²) in [6, 6.07) is 13.2. The van der Waals surface area contributed by atoms with Crippen LogP contribution in [0.3, 0.4) is 0 Å². The normalized spacial score (nSPS) is 14.6. The van der Waals surface area contributed by atoms with E-state index in [1.165, 1.54) is 0 Å². The number of nitrogens with zero attached hydrogens (tertiary/aromatic N) is 1. The van der Waals surface area contributed by atoms with Crippen LogP contribution in [0.2, 0.25) is 0 Å². The average Bonchev–Trinajstić information content (AvgIpc) is 2.69. The van der Waals surface area contributed by atoms with Crippen molar-refractivity contribution in [3.05, 3.63) is 101 Å². The molecule has 0 saturated heterocycles. The Kier molecular flexibility index (Phi) is 5.97. The highest BCUT2D eigenvalue weighted by Gasteiger charge is 2.18. The molecule has 0 amide bonds. The Morgan fingerprint density at radius 3 is 2.45 bits per heavy atom. The van der Waals surface area contributed by atoms with Gasteiger partial charge in [0.2, 0.25) is 0 Å². The quantitative estimate of drug-likeness (QED) is 0.562. The van der Waals surface area contributed by atoms with Gasteiger partial charge in [0.15, 0.2) is 5.78 Å². The summed E-state index contributed by atoms with van der Waals surface area (Å²) in [6.07, 6.45) is 6.25. The maximum atomic E-state index is 14.7. The van der Waals surface area contributed by atoms with Gasteiger partial charge in [-0.05, 0) is 67.7 Å². The molecule has 0 bridgehead atoms. The number of allylic oxidation sites excluding steroid dienone is 5. The Bertz CT molecular complexity index is 1070. The second-order valence-electron chi connectivity index (χ2n) is 7.28. The van der Waals surface area contributed by atoms with Crippen LogP contribution in [0, 0.1) is 12.7 Å². The standard InChI is InChI=1S/C26H26FNO/c1-6-22(19(4)28-14-13-21(20(5)29)16-18(28)3)23-9-7-8-10-24(23)25-12-11-17(2)15-26(25)27/h7-16H,3,6H2,1-2,4-5H3/b22-19+. The van der Waals surface area contributed by atoms with Gasteiger partial charge in [-0.2, -0.15) is 0 Å². The molecule has 0 fully saturated rings. The predicted molar refractivity (Wildman–Crippen MR) is 118 cm³/mol. The second kappa shape index (κ2) is 8.44. The number of hydrogen-bond donors (Lipinski definition) is 0. The Labute approximate surface area is 172 Å². The third kappa shape index (κ3) is 4.14. The van der Waals surface area contributed by atoms with Crippen molar-refractivity contribution in [1.29, 1.82) is 0 Å². The smallest absolute Gasteiger partial charge is 0.159 e. The first-order chi connectivity index (χ1) is 13.8. The zero-order valence-corrected chi connectivity index (χ0v) is 17.4. The minimum Gasteiger partial charge on any atom is -0.321 e. The van der Waals surface area contributed by atoms with Gasteiger partial charge in [0.05, 0.1) is 0 Å². The van der Waals surface area contributed by atoms with E-state index in [0.29, 0.717) is 11.1 Å². The van der Waals surface area contributed by atoms with Gasteiger partial charge in [0, 0.05) is 28.7 Å². The molecular formula is C26H26FNO. The van der Waals surface area contributed by atoms with E-state index < -0.39 is 0 Å². The van der Waals surface area contributed by atoms with Crippen LogP contribution in [-0.2, 0) is 4.79 Å². The van der Waals surface area contributed by atoms with Crippen molar-refractivity contribution in [2.24, 2.45) is 0 Å². The average molecular weight is 387 g/mol. The van der Waals surface area contributed by atoms with Gasteiger partial charge >= 0.3 is 0 Å².